The Labute approximate surface area is 188 Å². The van der Waals surface area contributed by atoms with Gasteiger partial charge >= 0.3 is 0 Å². The summed E-state index contributed by atoms with van der Waals surface area (Å²) in [5.74, 6) is 2.00. The van der Waals surface area contributed by atoms with Crippen LogP contribution in [0.15, 0.2) is 53.9 Å². The van der Waals surface area contributed by atoms with Gasteiger partial charge < -0.3 is 4.90 Å². The molecule has 1 aliphatic rings. The number of aryl methyl sites for hydroxylation is 1. The molecule has 0 bridgehead atoms. The van der Waals surface area contributed by atoms with Crippen LogP contribution in [-0.2, 0) is 4.79 Å². The zero-order valence-corrected chi connectivity index (χ0v) is 19.3. The Balaban J connectivity index is 1.66. The molecule has 7 heteroatoms. The average molecular weight is 436 g/mol. The third-order valence-electron chi connectivity index (χ3n) is 5.74. The minimum atomic E-state index is -0.241. The number of thioether (sulfide) groups is 1. The summed E-state index contributed by atoms with van der Waals surface area (Å²) in [5.41, 5.74) is 3.08. The number of piperidine rings is 1. The maximum Gasteiger partial charge on any atom is 0.235 e. The Morgan fingerprint density at radius 3 is 2.42 bits per heavy atom. The molecule has 1 saturated heterocycles. The van der Waals surface area contributed by atoms with Crippen LogP contribution in [0.25, 0.3) is 17.1 Å². The van der Waals surface area contributed by atoms with E-state index in [-0.39, 0.29) is 11.2 Å². The summed E-state index contributed by atoms with van der Waals surface area (Å²) in [6, 6.07) is 12.0. The summed E-state index contributed by atoms with van der Waals surface area (Å²) >= 11 is 1.48. The highest BCUT2D eigenvalue weighted by Crippen LogP contribution is 2.32. The third kappa shape index (κ3) is 4.66. The molecule has 3 heterocycles. The molecule has 1 amide bonds. The van der Waals surface area contributed by atoms with E-state index in [1.54, 1.807) is 12.4 Å². The fourth-order valence-corrected chi connectivity index (χ4v) is 5.32. The predicted octanol–water partition coefficient (Wildman–Crippen LogP) is 4.62. The second kappa shape index (κ2) is 9.22. The number of hydrogen-bond acceptors (Lipinski definition) is 5. The second-order valence-electron chi connectivity index (χ2n) is 8.61. The van der Waals surface area contributed by atoms with Crippen molar-refractivity contribution >= 4 is 17.7 Å². The first-order chi connectivity index (χ1) is 14.9. The van der Waals surface area contributed by atoms with Crippen molar-refractivity contribution in [3.8, 4) is 17.1 Å². The van der Waals surface area contributed by atoms with Crippen LogP contribution in [0.3, 0.4) is 0 Å². The summed E-state index contributed by atoms with van der Waals surface area (Å²) in [5, 5.41) is 9.47. The number of benzene rings is 1. The van der Waals surface area contributed by atoms with E-state index in [1.807, 2.05) is 36.1 Å². The minimum absolute atomic E-state index is 0.174. The van der Waals surface area contributed by atoms with Gasteiger partial charge in [-0.1, -0.05) is 43.8 Å². The number of rotatable bonds is 5. The topological polar surface area (TPSA) is 63.9 Å². The predicted molar refractivity (Wildman–Crippen MR) is 124 cm³/mol. The Hall–Kier alpha value is -2.67. The van der Waals surface area contributed by atoms with Crippen LogP contribution >= 0.6 is 11.8 Å². The molecule has 4 rings (SSSR count). The van der Waals surface area contributed by atoms with E-state index in [0.29, 0.717) is 11.8 Å². The van der Waals surface area contributed by atoms with E-state index in [1.165, 1.54) is 18.2 Å². The highest BCUT2D eigenvalue weighted by atomic mass is 32.2. The molecule has 3 unspecified atom stereocenters. The monoisotopic (exact) mass is 435 g/mol. The zero-order valence-electron chi connectivity index (χ0n) is 18.5. The molecule has 6 nitrogen and oxygen atoms in total. The first-order valence-electron chi connectivity index (χ1n) is 10.8. The molecule has 2 aromatic heterocycles. The van der Waals surface area contributed by atoms with Crippen molar-refractivity contribution in [1.29, 1.82) is 0 Å². The molecule has 1 aromatic carbocycles. The largest absolute Gasteiger partial charge is 0.341 e. The lowest BCUT2D eigenvalue weighted by atomic mass is 9.92. The number of pyridine rings is 1. The van der Waals surface area contributed by atoms with Crippen LogP contribution in [0.2, 0.25) is 0 Å². The smallest absolute Gasteiger partial charge is 0.235 e. The Morgan fingerprint density at radius 1 is 1.06 bits per heavy atom. The van der Waals surface area contributed by atoms with E-state index in [0.717, 1.165) is 40.9 Å². The van der Waals surface area contributed by atoms with Gasteiger partial charge in [0.25, 0.3) is 0 Å². The van der Waals surface area contributed by atoms with Gasteiger partial charge in [-0.2, -0.15) is 0 Å². The van der Waals surface area contributed by atoms with Gasteiger partial charge in [0.2, 0.25) is 5.91 Å². The molecule has 162 valence electrons. The lowest BCUT2D eigenvalue weighted by Gasteiger charge is -2.36. The summed E-state index contributed by atoms with van der Waals surface area (Å²) in [4.78, 5) is 19.4. The third-order valence-corrected chi connectivity index (χ3v) is 6.77. The lowest BCUT2D eigenvalue weighted by Crippen LogP contribution is -2.45. The summed E-state index contributed by atoms with van der Waals surface area (Å²) in [6.45, 7) is 10.2. The van der Waals surface area contributed by atoms with Gasteiger partial charge in [0, 0.05) is 31.0 Å². The standard InChI is InChI=1S/C24H29N5OS/c1-16-13-17(2)15-28(14-16)23(30)19(4)31-24-27-26-22(20-9-11-25-12-10-20)29(24)21-8-6-5-7-18(21)3/h5-12,16-17,19H,13-15H2,1-4H3. The van der Waals surface area contributed by atoms with Gasteiger partial charge in [-0.25, -0.2) is 0 Å². The molecular formula is C24H29N5OS. The van der Waals surface area contributed by atoms with Crippen LogP contribution in [0.4, 0.5) is 0 Å². The highest BCUT2D eigenvalue weighted by molar-refractivity contribution is 8.00. The highest BCUT2D eigenvalue weighted by Gasteiger charge is 2.30. The van der Waals surface area contributed by atoms with Crippen molar-refractivity contribution in [3.63, 3.8) is 0 Å². The lowest BCUT2D eigenvalue weighted by molar-refractivity contribution is -0.132. The quantitative estimate of drug-likeness (QED) is 0.547. The van der Waals surface area contributed by atoms with Gasteiger partial charge in [0.05, 0.1) is 10.9 Å². The average Bonchev–Trinajstić information content (AvgIpc) is 3.16. The van der Waals surface area contributed by atoms with Crippen molar-refractivity contribution in [2.45, 2.75) is 44.5 Å². The van der Waals surface area contributed by atoms with Gasteiger partial charge in [-0.05, 0) is 55.9 Å². The maximum atomic E-state index is 13.2. The van der Waals surface area contributed by atoms with E-state index in [2.05, 4.69) is 52.7 Å². The second-order valence-corrected chi connectivity index (χ2v) is 9.92. The zero-order chi connectivity index (χ0) is 22.0. The summed E-state index contributed by atoms with van der Waals surface area (Å²) in [7, 11) is 0. The summed E-state index contributed by atoms with van der Waals surface area (Å²) < 4.78 is 2.06. The summed E-state index contributed by atoms with van der Waals surface area (Å²) in [6.07, 6.45) is 4.69. The number of nitrogens with zero attached hydrogens (tertiary/aromatic N) is 5. The van der Waals surface area contributed by atoms with E-state index in [9.17, 15) is 4.79 Å². The minimum Gasteiger partial charge on any atom is -0.341 e. The maximum absolute atomic E-state index is 13.2. The molecule has 1 fully saturated rings. The molecule has 3 aromatic rings. The Kier molecular flexibility index (Phi) is 6.41. The number of para-hydroxylation sites is 1. The van der Waals surface area contributed by atoms with Gasteiger partial charge in [-0.15, -0.1) is 10.2 Å². The van der Waals surface area contributed by atoms with Crippen LogP contribution in [0.1, 0.15) is 32.8 Å². The molecule has 0 radical (unpaired) electrons. The molecule has 0 N–H and O–H groups in total. The van der Waals surface area contributed by atoms with E-state index in [4.69, 9.17) is 0 Å². The van der Waals surface area contributed by atoms with Crippen molar-refractivity contribution in [1.82, 2.24) is 24.6 Å². The number of amides is 1. The Morgan fingerprint density at radius 2 is 1.74 bits per heavy atom. The number of carbonyl (C=O) groups is 1. The van der Waals surface area contributed by atoms with Crippen molar-refractivity contribution in [2.75, 3.05) is 13.1 Å². The fraction of sp³-hybridized carbons (Fsp3) is 0.417. The van der Waals surface area contributed by atoms with Crippen molar-refractivity contribution in [3.05, 3.63) is 54.4 Å². The van der Waals surface area contributed by atoms with Crippen LogP contribution in [0, 0.1) is 18.8 Å². The van der Waals surface area contributed by atoms with Crippen LogP contribution in [-0.4, -0.2) is 48.9 Å². The molecular weight excluding hydrogens is 406 g/mol. The van der Waals surface area contributed by atoms with Gasteiger partial charge in [0.15, 0.2) is 11.0 Å². The number of carbonyl (C=O) groups excluding carboxylic acids is 1. The first-order valence-corrected chi connectivity index (χ1v) is 11.7. The number of hydrogen-bond donors (Lipinski definition) is 0. The molecule has 31 heavy (non-hydrogen) atoms. The van der Waals surface area contributed by atoms with E-state index < -0.39 is 0 Å². The molecule has 0 spiro atoms. The van der Waals surface area contributed by atoms with Crippen LogP contribution < -0.4 is 0 Å². The normalized spacial score (nSPS) is 19.9. The first kappa shape index (κ1) is 21.6. The molecule has 0 aliphatic carbocycles. The molecule has 3 atom stereocenters. The van der Waals surface area contributed by atoms with Crippen LogP contribution in [0.5, 0.6) is 0 Å². The SMILES string of the molecule is Cc1ccccc1-n1c(SC(C)C(=O)N2CC(C)CC(C)C2)nnc1-c1ccncc1. The van der Waals surface area contributed by atoms with Gasteiger partial charge in [0.1, 0.15) is 0 Å². The van der Waals surface area contributed by atoms with Crippen molar-refractivity contribution < 1.29 is 4.79 Å². The fourth-order valence-electron chi connectivity index (χ4n) is 4.37. The van der Waals surface area contributed by atoms with Gasteiger partial charge in [-0.3, -0.25) is 14.3 Å². The number of likely N-dealkylation sites (tertiary alicyclic amines) is 1. The van der Waals surface area contributed by atoms with Crippen molar-refractivity contribution in [2.24, 2.45) is 11.8 Å². The molecule has 1 aliphatic heterocycles. The van der Waals surface area contributed by atoms with E-state index >= 15 is 0 Å². The number of aromatic nitrogens is 4. The Bertz CT molecular complexity index is 1040. The molecule has 0 saturated carbocycles.